The van der Waals surface area contributed by atoms with Crippen LogP contribution in [-0.2, 0) is 9.84 Å². The van der Waals surface area contributed by atoms with Gasteiger partial charge in [0.05, 0.1) is 30.4 Å². The summed E-state index contributed by atoms with van der Waals surface area (Å²) in [4.78, 5) is 12.4. The molecule has 1 atom stereocenters. The number of ether oxygens (including phenoxy) is 1. The first kappa shape index (κ1) is 18.4. The van der Waals surface area contributed by atoms with Crippen molar-refractivity contribution in [2.24, 2.45) is 0 Å². The van der Waals surface area contributed by atoms with Crippen LogP contribution in [0, 0.1) is 13.8 Å². The van der Waals surface area contributed by atoms with E-state index in [1.807, 2.05) is 13.8 Å². The summed E-state index contributed by atoms with van der Waals surface area (Å²) in [5.41, 5.74) is 3.05. The number of rotatable bonds is 5. The number of ketones is 1. The van der Waals surface area contributed by atoms with E-state index in [1.54, 1.807) is 42.1 Å². The van der Waals surface area contributed by atoms with Crippen LogP contribution in [-0.4, -0.2) is 42.6 Å². The minimum atomic E-state index is -2.98. The van der Waals surface area contributed by atoms with Gasteiger partial charge in [0.25, 0.3) is 0 Å². The molecule has 0 radical (unpaired) electrons. The van der Waals surface area contributed by atoms with Gasteiger partial charge in [-0.3, -0.25) is 9.48 Å². The molecule has 1 aromatic heterocycles. The maximum Gasteiger partial charge on any atom is 0.185 e. The first-order chi connectivity index (χ1) is 12.3. The van der Waals surface area contributed by atoms with Gasteiger partial charge in [-0.05, 0) is 44.6 Å². The number of aryl methyl sites for hydroxylation is 1. The highest BCUT2D eigenvalue weighted by atomic mass is 32.2. The van der Waals surface area contributed by atoms with Crippen LogP contribution in [0.1, 0.15) is 39.8 Å². The molecular weight excluding hydrogens is 352 g/mol. The number of nitrogens with zero attached hydrogens (tertiary/aromatic N) is 2. The van der Waals surface area contributed by atoms with Gasteiger partial charge in [-0.25, -0.2) is 8.42 Å². The molecule has 1 saturated heterocycles. The molecule has 6 nitrogen and oxygen atoms in total. The van der Waals surface area contributed by atoms with Gasteiger partial charge >= 0.3 is 0 Å². The molecule has 0 bridgehead atoms. The number of methoxy groups -OCH3 is 1. The number of benzene rings is 1. The van der Waals surface area contributed by atoms with Crippen molar-refractivity contribution in [3.05, 3.63) is 52.9 Å². The van der Waals surface area contributed by atoms with E-state index in [2.05, 4.69) is 5.10 Å². The van der Waals surface area contributed by atoms with Gasteiger partial charge in [0.2, 0.25) is 0 Å². The smallest absolute Gasteiger partial charge is 0.185 e. The Morgan fingerprint density at radius 3 is 2.77 bits per heavy atom. The molecule has 1 aliphatic rings. The molecule has 1 aliphatic heterocycles. The van der Waals surface area contributed by atoms with E-state index >= 15 is 0 Å². The SMILES string of the molecule is COc1cccc(C(=O)/C=C/c2c(C)nn([C@H]3CCS(=O)(=O)C3)c2C)c1. The number of hydrogen-bond donors (Lipinski definition) is 0. The molecule has 7 heteroatoms. The second-order valence-electron chi connectivity index (χ2n) is 6.52. The minimum Gasteiger partial charge on any atom is -0.497 e. The Morgan fingerprint density at radius 1 is 1.35 bits per heavy atom. The average Bonchev–Trinajstić information content (AvgIpc) is 3.11. The van der Waals surface area contributed by atoms with Gasteiger partial charge in [-0.2, -0.15) is 5.10 Å². The number of carbonyl (C=O) groups excluding carboxylic acids is 1. The third kappa shape index (κ3) is 3.72. The van der Waals surface area contributed by atoms with E-state index in [-0.39, 0.29) is 23.3 Å². The summed E-state index contributed by atoms with van der Waals surface area (Å²) in [5, 5.41) is 4.51. The lowest BCUT2D eigenvalue weighted by molar-refractivity contribution is 0.104. The fourth-order valence-electron chi connectivity index (χ4n) is 3.27. The topological polar surface area (TPSA) is 78.3 Å². The highest BCUT2D eigenvalue weighted by Crippen LogP contribution is 2.27. The van der Waals surface area contributed by atoms with Gasteiger partial charge in [0, 0.05) is 16.8 Å². The third-order valence-electron chi connectivity index (χ3n) is 4.69. The van der Waals surface area contributed by atoms with Gasteiger partial charge in [-0.1, -0.05) is 12.1 Å². The molecule has 1 aromatic carbocycles. The summed E-state index contributed by atoms with van der Waals surface area (Å²) in [7, 11) is -1.42. The Labute approximate surface area is 153 Å². The molecule has 2 heterocycles. The third-order valence-corrected chi connectivity index (χ3v) is 6.44. The molecule has 26 heavy (non-hydrogen) atoms. The zero-order chi connectivity index (χ0) is 18.9. The molecule has 0 spiro atoms. The second-order valence-corrected chi connectivity index (χ2v) is 8.74. The van der Waals surface area contributed by atoms with E-state index < -0.39 is 9.84 Å². The Hall–Kier alpha value is -2.41. The number of allylic oxidation sites excluding steroid dienone is 1. The van der Waals surface area contributed by atoms with E-state index in [9.17, 15) is 13.2 Å². The lowest BCUT2D eigenvalue weighted by atomic mass is 10.1. The predicted octanol–water partition coefficient (Wildman–Crippen LogP) is 2.76. The summed E-state index contributed by atoms with van der Waals surface area (Å²) in [5.74, 6) is 0.835. The molecular formula is C19H22N2O4S. The summed E-state index contributed by atoms with van der Waals surface area (Å²) in [6, 6.07) is 6.86. The zero-order valence-corrected chi connectivity index (χ0v) is 15.9. The average molecular weight is 374 g/mol. The van der Waals surface area contributed by atoms with Crippen molar-refractivity contribution in [2.75, 3.05) is 18.6 Å². The van der Waals surface area contributed by atoms with Crippen molar-refractivity contribution in [3.8, 4) is 5.75 Å². The molecule has 0 aliphatic carbocycles. The quantitative estimate of drug-likeness (QED) is 0.594. The molecule has 2 aromatic rings. The van der Waals surface area contributed by atoms with Crippen molar-refractivity contribution >= 4 is 21.7 Å². The first-order valence-corrected chi connectivity index (χ1v) is 10.3. The maximum absolute atomic E-state index is 12.4. The molecule has 0 amide bonds. The Kier molecular flexibility index (Phi) is 5.00. The largest absolute Gasteiger partial charge is 0.497 e. The number of sulfone groups is 1. The van der Waals surface area contributed by atoms with Gasteiger partial charge in [0.15, 0.2) is 15.6 Å². The lowest BCUT2D eigenvalue weighted by Gasteiger charge is -2.10. The molecule has 3 rings (SSSR count). The summed E-state index contributed by atoms with van der Waals surface area (Å²) < 4.78 is 30.4. The van der Waals surface area contributed by atoms with Gasteiger partial charge in [0.1, 0.15) is 5.75 Å². The molecule has 1 fully saturated rings. The van der Waals surface area contributed by atoms with Crippen LogP contribution < -0.4 is 4.74 Å². The highest BCUT2D eigenvalue weighted by molar-refractivity contribution is 7.91. The van der Waals surface area contributed by atoms with E-state index in [0.29, 0.717) is 17.7 Å². The van der Waals surface area contributed by atoms with E-state index in [1.165, 1.54) is 6.08 Å². The van der Waals surface area contributed by atoms with Crippen LogP contribution in [0.5, 0.6) is 5.75 Å². The van der Waals surface area contributed by atoms with Crippen molar-refractivity contribution in [1.29, 1.82) is 0 Å². The standard InChI is InChI=1S/C19H22N2O4S/c1-13-18(7-8-19(22)15-5-4-6-17(11-15)25-3)14(2)21(20-13)16-9-10-26(23,24)12-16/h4-8,11,16H,9-10,12H2,1-3H3/b8-7+/t16-/m0/s1. The van der Waals surface area contributed by atoms with Gasteiger partial charge < -0.3 is 4.74 Å². The molecule has 0 unspecified atom stereocenters. The second kappa shape index (κ2) is 7.07. The van der Waals surface area contributed by atoms with E-state index in [4.69, 9.17) is 4.74 Å². The van der Waals surface area contributed by atoms with Crippen molar-refractivity contribution in [1.82, 2.24) is 9.78 Å². The van der Waals surface area contributed by atoms with Crippen LogP contribution in [0.2, 0.25) is 0 Å². The molecule has 138 valence electrons. The van der Waals surface area contributed by atoms with Crippen LogP contribution in [0.3, 0.4) is 0 Å². The fourth-order valence-corrected chi connectivity index (χ4v) is 4.96. The number of aromatic nitrogens is 2. The summed E-state index contributed by atoms with van der Waals surface area (Å²) >= 11 is 0. The first-order valence-electron chi connectivity index (χ1n) is 8.43. The highest BCUT2D eigenvalue weighted by Gasteiger charge is 2.31. The van der Waals surface area contributed by atoms with Gasteiger partial charge in [-0.15, -0.1) is 0 Å². The Bertz CT molecular complexity index is 973. The molecule has 0 N–H and O–H groups in total. The van der Waals surface area contributed by atoms with Crippen LogP contribution >= 0.6 is 0 Å². The molecule has 0 saturated carbocycles. The Morgan fingerprint density at radius 2 is 2.12 bits per heavy atom. The summed E-state index contributed by atoms with van der Waals surface area (Å²) in [6.07, 6.45) is 3.84. The van der Waals surface area contributed by atoms with Crippen molar-refractivity contribution < 1.29 is 17.9 Å². The van der Waals surface area contributed by atoms with Crippen LogP contribution in [0.4, 0.5) is 0 Å². The normalized spacial score (nSPS) is 19.1. The Balaban J connectivity index is 1.84. The fraction of sp³-hybridized carbons (Fsp3) is 0.368. The van der Waals surface area contributed by atoms with E-state index in [0.717, 1.165) is 17.0 Å². The number of carbonyl (C=O) groups is 1. The maximum atomic E-state index is 12.4. The zero-order valence-electron chi connectivity index (χ0n) is 15.1. The predicted molar refractivity (Wildman–Crippen MR) is 100 cm³/mol. The van der Waals surface area contributed by atoms with Crippen molar-refractivity contribution in [3.63, 3.8) is 0 Å². The lowest BCUT2D eigenvalue weighted by Crippen LogP contribution is -2.13. The van der Waals surface area contributed by atoms with Crippen LogP contribution in [0.15, 0.2) is 30.3 Å². The van der Waals surface area contributed by atoms with Crippen molar-refractivity contribution in [2.45, 2.75) is 26.3 Å². The monoisotopic (exact) mass is 374 g/mol. The van der Waals surface area contributed by atoms with Crippen LogP contribution in [0.25, 0.3) is 6.08 Å². The summed E-state index contributed by atoms with van der Waals surface area (Å²) in [6.45, 7) is 3.77. The minimum absolute atomic E-state index is 0.126. The number of hydrogen-bond acceptors (Lipinski definition) is 5.